The summed E-state index contributed by atoms with van der Waals surface area (Å²) in [6.45, 7) is 0. The molecule has 2 N–H and O–H groups in total. The topological polar surface area (TPSA) is 70.7 Å². The fraction of sp³-hybridized carbons (Fsp3) is 0.0625. The Labute approximate surface area is 134 Å². The zero-order valence-corrected chi connectivity index (χ0v) is 12.1. The fourth-order valence-corrected chi connectivity index (χ4v) is 2.18. The van der Waals surface area contributed by atoms with Gasteiger partial charge in [0.2, 0.25) is 0 Å². The van der Waals surface area contributed by atoms with Gasteiger partial charge in [0.25, 0.3) is 5.91 Å². The number of anilines is 1. The van der Waals surface area contributed by atoms with Crippen molar-refractivity contribution in [3.63, 3.8) is 0 Å². The number of rotatable bonds is 3. The van der Waals surface area contributed by atoms with Gasteiger partial charge in [0, 0.05) is 11.3 Å². The van der Waals surface area contributed by atoms with Crippen LogP contribution in [0.15, 0.2) is 54.9 Å². The lowest BCUT2D eigenvalue weighted by Crippen LogP contribution is -2.18. The van der Waals surface area contributed by atoms with Crippen LogP contribution in [0.4, 0.5) is 18.9 Å². The van der Waals surface area contributed by atoms with Crippen LogP contribution in [0.25, 0.3) is 11.4 Å². The molecule has 0 aliphatic carbocycles. The van der Waals surface area contributed by atoms with Crippen LogP contribution in [0, 0.1) is 0 Å². The minimum absolute atomic E-state index is 0.375. The Morgan fingerprint density at radius 3 is 2.38 bits per heavy atom. The van der Waals surface area contributed by atoms with Crippen LogP contribution in [0.2, 0.25) is 0 Å². The zero-order valence-electron chi connectivity index (χ0n) is 12.1. The Bertz CT molecular complexity index is 843. The number of aromatic nitrogens is 3. The number of nitrogens with one attached hydrogen (secondary N) is 2. The molecule has 1 aromatic heterocycles. The number of hydrogen-bond donors (Lipinski definition) is 2. The molecule has 0 fully saturated rings. The summed E-state index contributed by atoms with van der Waals surface area (Å²) in [6.07, 6.45) is -3.23. The number of nitrogens with zero attached hydrogens (tertiary/aromatic N) is 2. The van der Waals surface area contributed by atoms with Gasteiger partial charge in [0.15, 0.2) is 5.82 Å². The van der Waals surface area contributed by atoms with Gasteiger partial charge in [-0.1, -0.05) is 12.1 Å². The van der Waals surface area contributed by atoms with E-state index in [1.807, 2.05) is 0 Å². The van der Waals surface area contributed by atoms with Gasteiger partial charge in [-0.3, -0.25) is 9.89 Å². The molecule has 0 saturated carbocycles. The van der Waals surface area contributed by atoms with Gasteiger partial charge in [0.1, 0.15) is 6.33 Å². The molecule has 3 aromatic rings. The van der Waals surface area contributed by atoms with Crippen molar-refractivity contribution in [2.24, 2.45) is 0 Å². The summed E-state index contributed by atoms with van der Waals surface area (Å²) in [7, 11) is 0. The Hall–Kier alpha value is -3.16. The minimum Gasteiger partial charge on any atom is -0.322 e. The zero-order chi connectivity index (χ0) is 17.2. The van der Waals surface area contributed by atoms with Crippen LogP contribution in [0.3, 0.4) is 0 Å². The van der Waals surface area contributed by atoms with E-state index in [0.717, 1.165) is 17.7 Å². The first kappa shape index (κ1) is 15.7. The summed E-state index contributed by atoms with van der Waals surface area (Å²) >= 11 is 0. The van der Waals surface area contributed by atoms with Crippen molar-refractivity contribution in [1.82, 2.24) is 15.2 Å². The molecular formula is C16H11F3N4O. The highest BCUT2D eigenvalue weighted by molar-refractivity contribution is 6.05. The van der Waals surface area contributed by atoms with Crippen LogP contribution < -0.4 is 5.32 Å². The monoisotopic (exact) mass is 332 g/mol. The lowest BCUT2D eigenvalue weighted by atomic mass is 10.1. The lowest BCUT2D eigenvalue weighted by molar-refractivity contribution is -0.137. The molecule has 0 saturated heterocycles. The highest BCUT2D eigenvalue weighted by Gasteiger charge is 2.34. The first-order valence-corrected chi connectivity index (χ1v) is 6.88. The van der Waals surface area contributed by atoms with Gasteiger partial charge >= 0.3 is 6.18 Å². The number of alkyl halides is 3. The molecule has 3 rings (SSSR count). The number of amides is 1. The largest absolute Gasteiger partial charge is 0.417 e. The molecule has 0 aliphatic rings. The molecule has 0 atom stereocenters. The van der Waals surface area contributed by atoms with Crippen molar-refractivity contribution < 1.29 is 18.0 Å². The maximum absolute atomic E-state index is 13.0. The predicted octanol–water partition coefficient (Wildman–Crippen LogP) is 3.74. The number of carbonyl (C=O) groups is 1. The van der Waals surface area contributed by atoms with Gasteiger partial charge < -0.3 is 5.32 Å². The Morgan fingerprint density at radius 2 is 1.75 bits per heavy atom. The molecular weight excluding hydrogens is 321 g/mol. The SMILES string of the molecule is O=C(Nc1ccc(-c2ncn[nH]2)cc1)c1ccccc1C(F)(F)F. The molecule has 24 heavy (non-hydrogen) atoms. The molecule has 0 unspecified atom stereocenters. The molecule has 1 heterocycles. The third-order valence-corrected chi connectivity index (χ3v) is 3.31. The predicted molar refractivity (Wildman–Crippen MR) is 81.2 cm³/mol. The van der Waals surface area contributed by atoms with Crippen molar-refractivity contribution in [1.29, 1.82) is 0 Å². The number of halogens is 3. The Kier molecular flexibility index (Phi) is 4.03. The normalized spacial score (nSPS) is 11.3. The molecule has 2 aromatic carbocycles. The van der Waals surface area contributed by atoms with Crippen molar-refractivity contribution in [2.45, 2.75) is 6.18 Å². The van der Waals surface area contributed by atoms with Gasteiger partial charge in [-0.15, -0.1) is 0 Å². The second kappa shape index (κ2) is 6.15. The third kappa shape index (κ3) is 3.27. The van der Waals surface area contributed by atoms with Crippen molar-refractivity contribution in [3.8, 4) is 11.4 Å². The van der Waals surface area contributed by atoms with Crippen molar-refractivity contribution >= 4 is 11.6 Å². The summed E-state index contributed by atoms with van der Waals surface area (Å²) in [5.41, 5.74) is -0.286. The van der Waals surface area contributed by atoms with Gasteiger partial charge in [-0.25, -0.2) is 4.98 Å². The van der Waals surface area contributed by atoms with Crippen LogP contribution >= 0.6 is 0 Å². The molecule has 0 aliphatic heterocycles. The summed E-state index contributed by atoms with van der Waals surface area (Å²) in [4.78, 5) is 16.1. The van der Waals surface area contributed by atoms with Crippen LogP contribution in [-0.4, -0.2) is 21.1 Å². The van der Waals surface area contributed by atoms with E-state index in [1.54, 1.807) is 24.3 Å². The first-order valence-electron chi connectivity index (χ1n) is 6.88. The quantitative estimate of drug-likeness (QED) is 0.767. The van der Waals surface area contributed by atoms with E-state index < -0.39 is 23.2 Å². The molecule has 5 nitrogen and oxygen atoms in total. The summed E-state index contributed by atoms with van der Waals surface area (Å²) in [6, 6.07) is 11.1. The number of carbonyl (C=O) groups excluding carboxylic acids is 1. The van der Waals surface area contributed by atoms with E-state index >= 15 is 0 Å². The molecule has 0 bridgehead atoms. The highest BCUT2D eigenvalue weighted by Crippen LogP contribution is 2.32. The molecule has 0 radical (unpaired) electrons. The average molecular weight is 332 g/mol. The van der Waals surface area contributed by atoms with E-state index in [-0.39, 0.29) is 0 Å². The van der Waals surface area contributed by atoms with Crippen LogP contribution in [-0.2, 0) is 6.18 Å². The standard InChI is InChI=1S/C16H11F3N4O/c17-16(18,19)13-4-2-1-3-12(13)15(24)22-11-7-5-10(6-8-11)14-20-9-21-23-14/h1-9H,(H,22,24)(H,20,21,23). The number of benzene rings is 2. The maximum Gasteiger partial charge on any atom is 0.417 e. The van der Waals surface area contributed by atoms with Crippen molar-refractivity contribution in [3.05, 3.63) is 66.0 Å². The summed E-state index contributed by atoms with van der Waals surface area (Å²) in [5, 5.41) is 8.88. The second-order valence-corrected chi connectivity index (χ2v) is 4.91. The maximum atomic E-state index is 13.0. The van der Waals surface area contributed by atoms with E-state index in [0.29, 0.717) is 11.5 Å². The summed E-state index contributed by atoms with van der Waals surface area (Å²) < 4.78 is 38.9. The minimum atomic E-state index is -4.59. The average Bonchev–Trinajstić information content (AvgIpc) is 3.09. The fourth-order valence-electron chi connectivity index (χ4n) is 2.18. The summed E-state index contributed by atoms with van der Waals surface area (Å²) in [5.74, 6) is -0.273. The smallest absolute Gasteiger partial charge is 0.322 e. The van der Waals surface area contributed by atoms with E-state index in [9.17, 15) is 18.0 Å². The van der Waals surface area contributed by atoms with Gasteiger partial charge in [0.05, 0.1) is 11.1 Å². The molecule has 122 valence electrons. The van der Waals surface area contributed by atoms with Gasteiger partial charge in [-0.05, 0) is 36.4 Å². The third-order valence-electron chi connectivity index (χ3n) is 3.31. The molecule has 8 heteroatoms. The number of H-pyrrole nitrogens is 1. The van der Waals surface area contributed by atoms with E-state index in [1.165, 1.54) is 18.5 Å². The number of hydrogen-bond acceptors (Lipinski definition) is 3. The lowest BCUT2D eigenvalue weighted by Gasteiger charge is -2.12. The Morgan fingerprint density at radius 1 is 1.04 bits per heavy atom. The second-order valence-electron chi connectivity index (χ2n) is 4.91. The first-order chi connectivity index (χ1) is 11.4. The number of aromatic amines is 1. The molecule has 1 amide bonds. The van der Waals surface area contributed by atoms with Crippen LogP contribution in [0.5, 0.6) is 0 Å². The van der Waals surface area contributed by atoms with Crippen molar-refractivity contribution in [2.75, 3.05) is 5.32 Å². The highest BCUT2D eigenvalue weighted by atomic mass is 19.4. The van der Waals surface area contributed by atoms with Crippen LogP contribution in [0.1, 0.15) is 15.9 Å². The van der Waals surface area contributed by atoms with E-state index in [2.05, 4.69) is 20.5 Å². The Balaban J connectivity index is 1.81. The molecule has 0 spiro atoms. The van der Waals surface area contributed by atoms with Gasteiger partial charge in [-0.2, -0.15) is 18.3 Å². The van der Waals surface area contributed by atoms with E-state index in [4.69, 9.17) is 0 Å².